The minimum Gasteiger partial charge on any atom is -0.454 e. The Bertz CT molecular complexity index is 1630. The monoisotopic (exact) mass is 634 g/mol. The zero-order valence-corrected chi connectivity index (χ0v) is 24.9. The van der Waals surface area contributed by atoms with E-state index in [1.54, 1.807) is 4.90 Å². The van der Waals surface area contributed by atoms with Gasteiger partial charge in [0.1, 0.15) is 23.0 Å². The molecule has 1 saturated heterocycles. The highest BCUT2D eigenvalue weighted by atomic mass is 19.1. The molecule has 2 aromatic carbocycles. The second-order valence-corrected chi connectivity index (χ2v) is 10.7. The van der Waals surface area contributed by atoms with Crippen LogP contribution >= 0.6 is 0 Å². The number of hydrogen-bond acceptors (Lipinski definition) is 7. The van der Waals surface area contributed by atoms with Gasteiger partial charge in [-0.05, 0) is 61.2 Å². The summed E-state index contributed by atoms with van der Waals surface area (Å²) in [5.74, 6) is -2.46. The maximum atomic E-state index is 15.1. The van der Waals surface area contributed by atoms with Crippen molar-refractivity contribution in [1.29, 1.82) is 0 Å². The van der Waals surface area contributed by atoms with Crippen molar-refractivity contribution < 1.29 is 37.4 Å². The van der Waals surface area contributed by atoms with Crippen molar-refractivity contribution in [2.45, 2.75) is 12.8 Å². The first kappa shape index (κ1) is 32.0. The summed E-state index contributed by atoms with van der Waals surface area (Å²) in [6, 6.07) is 11.4. The van der Waals surface area contributed by atoms with E-state index >= 15 is 4.39 Å². The van der Waals surface area contributed by atoms with Crippen LogP contribution in [0.15, 0.2) is 72.6 Å². The van der Waals surface area contributed by atoms with E-state index in [0.29, 0.717) is 44.9 Å². The summed E-state index contributed by atoms with van der Waals surface area (Å²) in [6.07, 6.45) is 4.95. The van der Waals surface area contributed by atoms with Gasteiger partial charge in [0.05, 0.1) is 13.2 Å². The van der Waals surface area contributed by atoms with E-state index < -0.39 is 23.4 Å². The van der Waals surface area contributed by atoms with Crippen molar-refractivity contribution in [3.63, 3.8) is 0 Å². The number of benzene rings is 2. The lowest BCUT2D eigenvalue weighted by molar-refractivity contribution is -0.119. The van der Waals surface area contributed by atoms with E-state index in [2.05, 4.69) is 15.6 Å². The summed E-state index contributed by atoms with van der Waals surface area (Å²) in [4.78, 5) is 59.1. The van der Waals surface area contributed by atoms with Crippen LogP contribution in [0.4, 0.5) is 30.8 Å². The lowest BCUT2D eigenvalue weighted by Gasteiger charge is -2.26. The molecule has 0 radical (unpaired) electrons. The van der Waals surface area contributed by atoms with Gasteiger partial charge in [-0.2, -0.15) is 0 Å². The van der Waals surface area contributed by atoms with E-state index in [9.17, 15) is 23.6 Å². The largest absolute Gasteiger partial charge is 0.454 e. The Morgan fingerprint density at radius 2 is 1.78 bits per heavy atom. The third-order valence-electron chi connectivity index (χ3n) is 7.27. The SMILES string of the molecule is CN(C(=O)/C(=C\N(C=O)CC1CC1)C(=O)Nc1ccc(Oc2ccnc(NC(=O)N3CCOCC3)c2)c(F)c1)c1ccc(F)cc1. The van der Waals surface area contributed by atoms with Crippen LogP contribution in [-0.2, 0) is 19.1 Å². The minimum absolute atomic E-state index is 0.0195. The Balaban J connectivity index is 1.29. The second-order valence-electron chi connectivity index (χ2n) is 10.7. The number of carbonyl (C=O) groups excluding carboxylic acids is 4. The maximum absolute atomic E-state index is 15.1. The molecule has 1 aromatic heterocycles. The van der Waals surface area contributed by atoms with Gasteiger partial charge in [-0.3, -0.25) is 19.7 Å². The van der Waals surface area contributed by atoms with Crippen LogP contribution in [0, 0.1) is 17.6 Å². The smallest absolute Gasteiger partial charge is 0.323 e. The summed E-state index contributed by atoms with van der Waals surface area (Å²) >= 11 is 0. The molecule has 0 spiro atoms. The van der Waals surface area contributed by atoms with Gasteiger partial charge in [-0.1, -0.05) is 0 Å². The van der Waals surface area contributed by atoms with Gasteiger partial charge in [0.2, 0.25) is 6.41 Å². The highest BCUT2D eigenvalue weighted by Crippen LogP contribution is 2.30. The van der Waals surface area contributed by atoms with E-state index in [4.69, 9.17) is 9.47 Å². The molecule has 1 aliphatic carbocycles. The van der Waals surface area contributed by atoms with E-state index in [0.717, 1.165) is 30.0 Å². The number of aromatic nitrogens is 1. The zero-order valence-electron chi connectivity index (χ0n) is 24.9. The molecule has 14 heteroatoms. The molecule has 0 atom stereocenters. The van der Waals surface area contributed by atoms with Gasteiger partial charge in [0, 0.05) is 62.6 Å². The number of anilines is 3. The summed E-state index contributed by atoms with van der Waals surface area (Å²) in [5.41, 5.74) is -0.0489. The van der Waals surface area contributed by atoms with Crippen molar-refractivity contribution in [1.82, 2.24) is 14.8 Å². The molecular formula is C32H32F2N6O6. The first-order valence-electron chi connectivity index (χ1n) is 14.5. The van der Waals surface area contributed by atoms with Gasteiger partial charge in [0.15, 0.2) is 11.6 Å². The number of nitrogens with zero attached hydrogens (tertiary/aromatic N) is 4. The first-order chi connectivity index (χ1) is 22.2. The molecule has 0 unspecified atom stereocenters. The maximum Gasteiger partial charge on any atom is 0.323 e. The lowest BCUT2D eigenvalue weighted by atomic mass is 10.2. The minimum atomic E-state index is -0.885. The molecule has 2 aliphatic rings. The predicted molar refractivity (Wildman–Crippen MR) is 164 cm³/mol. The van der Waals surface area contributed by atoms with Gasteiger partial charge in [0.25, 0.3) is 11.8 Å². The average Bonchev–Trinajstić information content (AvgIpc) is 3.88. The highest BCUT2D eigenvalue weighted by molar-refractivity contribution is 6.26. The van der Waals surface area contributed by atoms with E-state index in [-0.39, 0.29) is 40.5 Å². The number of halogens is 2. The molecule has 5 rings (SSSR count). The molecule has 12 nitrogen and oxygen atoms in total. The van der Waals surface area contributed by atoms with Crippen molar-refractivity contribution in [3.8, 4) is 11.5 Å². The number of rotatable bonds is 11. The fraction of sp³-hybridized carbons (Fsp3) is 0.281. The predicted octanol–water partition coefficient (Wildman–Crippen LogP) is 4.37. The van der Waals surface area contributed by atoms with Crippen molar-refractivity contribution in [2.75, 3.05) is 55.4 Å². The van der Waals surface area contributed by atoms with Crippen LogP contribution in [0.1, 0.15) is 12.8 Å². The molecule has 2 N–H and O–H groups in total. The molecule has 240 valence electrons. The second kappa shape index (κ2) is 14.6. The first-order valence-corrected chi connectivity index (χ1v) is 14.5. The average molecular weight is 635 g/mol. The Morgan fingerprint density at radius 1 is 1.04 bits per heavy atom. The quantitative estimate of drug-likeness (QED) is 0.139. The number of hydrogen-bond donors (Lipinski definition) is 2. The van der Waals surface area contributed by atoms with Crippen LogP contribution in [-0.4, -0.2) is 78.9 Å². The summed E-state index contributed by atoms with van der Waals surface area (Å²) in [7, 11) is 1.41. The zero-order chi connectivity index (χ0) is 32.6. The van der Waals surface area contributed by atoms with E-state index in [1.165, 1.54) is 66.7 Å². The number of carbonyl (C=O) groups is 4. The topological polar surface area (TPSA) is 133 Å². The Hall–Kier alpha value is -5.37. The van der Waals surface area contributed by atoms with Crippen LogP contribution in [0.5, 0.6) is 11.5 Å². The Kier molecular flexibility index (Phi) is 10.2. The molecule has 2 fully saturated rings. The van der Waals surface area contributed by atoms with Gasteiger partial charge in [-0.25, -0.2) is 18.6 Å². The molecule has 3 aromatic rings. The molecule has 2 heterocycles. The molecule has 0 bridgehead atoms. The highest BCUT2D eigenvalue weighted by Gasteiger charge is 2.28. The van der Waals surface area contributed by atoms with Gasteiger partial charge >= 0.3 is 6.03 Å². The molecule has 1 aliphatic heterocycles. The summed E-state index contributed by atoms with van der Waals surface area (Å²) < 4.78 is 39.5. The van der Waals surface area contributed by atoms with Crippen LogP contribution in [0.25, 0.3) is 0 Å². The van der Waals surface area contributed by atoms with Gasteiger partial charge < -0.3 is 29.5 Å². The molecular weight excluding hydrogens is 602 g/mol. The van der Waals surface area contributed by atoms with Crippen molar-refractivity contribution in [2.24, 2.45) is 5.92 Å². The third-order valence-corrected chi connectivity index (χ3v) is 7.27. The molecule has 46 heavy (non-hydrogen) atoms. The summed E-state index contributed by atoms with van der Waals surface area (Å²) in [6.45, 7) is 2.11. The number of pyridine rings is 1. The van der Waals surface area contributed by atoms with Gasteiger partial charge in [-0.15, -0.1) is 0 Å². The normalized spacial score (nSPS) is 14.7. The number of likely N-dealkylation sites (N-methyl/N-ethyl adjacent to an activating group) is 1. The Morgan fingerprint density at radius 3 is 2.46 bits per heavy atom. The van der Waals surface area contributed by atoms with Crippen LogP contribution < -0.4 is 20.3 Å². The number of amides is 5. The molecule has 5 amide bonds. The number of morpholine rings is 1. The standard InChI is InChI=1S/C32H32F2N6O6/c1-38(24-7-4-22(33)5-8-24)31(43)26(19-39(20-41)18-21-2-3-21)30(42)36-23-6-9-28(27(34)16-23)46-25-10-11-35-29(17-25)37-32(44)40-12-14-45-15-13-40/h4-11,16-17,19-21H,2-3,12-15,18H2,1H3,(H,36,42)(H,35,37,44)/b26-19-. The van der Waals surface area contributed by atoms with E-state index in [1.807, 2.05) is 0 Å². The number of urea groups is 1. The van der Waals surface area contributed by atoms with Crippen molar-refractivity contribution in [3.05, 3.63) is 84.2 Å². The molecule has 1 saturated carbocycles. The number of nitrogens with one attached hydrogen (secondary N) is 2. The number of ether oxygens (including phenoxy) is 2. The fourth-order valence-corrected chi connectivity index (χ4v) is 4.55. The third kappa shape index (κ3) is 8.41. The summed E-state index contributed by atoms with van der Waals surface area (Å²) in [5, 5.41) is 5.18. The van der Waals surface area contributed by atoms with Crippen molar-refractivity contribution >= 4 is 41.4 Å². The lowest BCUT2D eigenvalue weighted by Crippen LogP contribution is -2.43. The Labute approximate surface area is 263 Å². The van der Waals surface area contributed by atoms with Crippen LogP contribution in [0.2, 0.25) is 0 Å². The fourth-order valence-electron chi connectivity index (χ4n) is 4.55. The van der Waals surface area contributed by atoms with Crippen LogP contribution in [0.3, 0.4) is 0 Å².